The maximum absolute atomic E-state index is 12.2. The smallest absolute Gasteiger partial charge is 0.241 e. The molecule has 0 aliphatic rings. The predicted molar refractivity (Wildman–Crippen MR) is 98.0 cm³/mol. The number of nitrogens with two attached hydrogens (primary N) is 1. The molecule has 1 amide bonds. The molecule has 0 unspecified atom stereocenters. The Labute approximate surface area is 146 Å². The fraction of sp³-hybridized carbons (Fsp3) is 0.400. The third-order valence-electron chi connectivity index (χ3n) is 3.51. The summed E-state index contributed by atoms with van der Waals surface area (Å²) in [6, 6.07) is 5.22. The van der Waals surface area contributed by atoms with Crippen molar-refractivity contribution in [2.45, 2.75) is 19.4 Å². The number of hydrogen-bond acceptors (Lipinski definition) is 5. The van der Waals surface area contributed by atoms with Crippen LogP contribution in [0.15, 0.2) is 24.5 Å². The summed E-state index contributed by atoms with van der Waals surface area (Å²) in [4.78, 5) is 12.2. The van der Waals surface area contributed by atoms with Gasteiger partial charge in [0.05, 0.1) is 6.04 Å². The molecule has 1 heterocycles. The molecule has 8 heteroatoms. The summed E-state index contributed by atoms with van der Waals surface area (Å²) in [6.45, 7) is 1.95. The van der Waals surface area contributed by atoms with Gasteiger partial charge in [-0.2, -0.15) is 11.8 Å². The highest BCUT2D eigenvalue weighted by atomic mass is 35.5. The lowest BCUT2D eigenvalue weighted by atomic mass is 10.1. The van der Waals surface area contributed by atoms with Crippen molar-refractivity contribution in [1.82, 2.24) is 14.8 Å². The van der Waals surface area contributed by atoms with Gasteiger partial charge in [-0.15, -0.1) is 22.6 Å². The number of aryl methyl sites for hydroxylation is 1. The number of aromatic nitrogens is 3. The quantitative estimate of drug-likeness (QED) is 0.829. The van der Waals surface area contributed by atoms with E-state index in [1.807, 2.05) is 43.0 Å². The molecular weight excluding hydrogens is 334 g/mol. The van der Waals surface area contributed by atoms with E-state index in [9.17, 15) is 4.79 Å². The van der Waals surface area contributed by atoms with Gasteiger partial charge in [-0.05, 0) is 37.0 Å². The molecule has 0 fully saturated rings. The van der Waals surface area contributed by atoms with Crippen molar-refractivity contribution in [2.24, 2.45) is 12.8 Å². The summed E-state index contributed by atoms with van der Waals surface area (Å²) >= 11 is 1.68. The summed E-state index contributed by atoms with van der Waals surface area (Å²) < 4.78 is 1.85. The molecule has 0 saturated heterocycles. The van der Waals surface area contributed by atoms with Gasteiger partial charge >= 0.3 is 0 Å². The number of nitrogens with zero attached hydrogens (tertiary/aromatic N) is 3. The number of carbonyl (C=O) groups is 1. The van der Waals surface area contributed by atoms with E-state index in [1.165, 1.54) is 0 Å². The molecule has 0 spiro atoms. The second-order valence-corrected chi connectivity index (χ2v) is 6.11. The molecule has 126 valence electrons. The fourth-order valence-corrected chi connectivity index (χ4v) is 2.63. The molecule has 23 heavy (non-hydrogen) atoms. The second kappa shape index (κ2) is 8.90. The van der Waals surface area contributed by atoms with E-state index >= 15 is 0 Å². The number of rotatable bonds is 6. The molecule has 1 atom stereocenters. The van der Waals surface area contributed by atoms with Crippen molar-refractivity contribution >= 4 is 35.8 Å². The molecule has 1 aromatic heterocycles. The van der Waals surface area contributed by atoms with Crippen molar-refractivity contribution in [1.29, 1.82) is 0 Å². The highest BCUT2D eigenvalue weighted by Gasteiger charge is 2.16. The van der Waals surface area contributed by atoms with Gasteiger partial charge in [-0.1, -0.05) is 12.1 Å². The zero-order chi connectivity index (χ0) is 16.1. The molecule has 3 N–H and O–H groups in total. The fourth-order valence-electron chi connectivity index (χ4n) is 2.14. The Morgan fingerprint density at radius 2 is 2.22 bits per heavy atom. The van der Waals surface area contributed by atoms with Crippen molar-refractivity contribution < 1.29 is 4.79 Å². The highest BCUT2D eigenvalue weighted by molar-refractivity contribution is 7.98. The summed E-state index contributed by atoms with van der Waals surface area (Å²) in [6.07, 6.45) is 4.31. The maximum Gasteiger partial charge on any atom is 0.241 e. The van der Waals surface area contributed by atoms with Crippen molar-refractivity contribution in [2.75, 3.05) is 17.3 Å². The Bertz CT molecular complexity index is 661. The topological polar surface area (TPSA) is 85.8 Å². The van der Waals surface area contributed by atoms with Crippen LogP contribution in [0.1, 0.15) is 12.0 Å². The van der Waals surface area contributed by atoms with Crippen LogP contribution in [-0.2, 0) is 11.8 Å². The van der Waals surface area contributed by atoms with Crippen LogP contribution < -0.4 is 11.1 Å². The summed E-state index contributed by atoms with van der Waals surface area (Å²) in [5, 5.41) is 10.9. The van der Waals surface area contributed by atoms with Gasteiger partial charge in [0.25, 0.3) is 0 Å². The van der Waals surface area contributed by atoms with Crippen LogP contribution in [0.4, 0.5) is 5.69 Å². The van der Waals surface area contributed by atoms with Crippen LogP contribution >= 0.6 is 24.2 Å². The average Bonchev–Trinajstić information content (AvgIpc) is 2.92. The number of nitrogens with one attached hydrogen (secondary N) is 1. The first kappa shape index (κ1) is 19.5. The Hall–Kier alpha value is -1.57. The first-order valence-electron chi connectivity index (χ1n) is 7.04. The first-order valence-corrected chi connectivity index (χ1v) is 8.43. The van der Waals surface area contributed by atoms with Crippen LogP contribution in [0.2, 0.25) is 0 Å². The monoisotopic (exact) mass is 355 g/mol. The Morgan fingerprint density at radius 1 is 1.48 bits per heavy atom. The van der Waals surface area contributed by atoms with E-state index in [-0.39, 0.29) is 18.3 Å². The van der Waals surface area contributed by atoms with Crippen molar-refractivity contribution in [3.63, 3.8) is 0 Å². The van der Waals surface area contributed by atoms with E-state index in [0.717, 1.165) is 28.4 Å². The number of carbonyl (C=O) groups excluding carboxylic acids is 1. The van der Waals surface area contributed by atoms with Crippen LogP contribution in [0, 0.1) is 6.92 Å². The molecule has 1 aromatic carbocycles. The van der Waals surface area contributed by atoms with Crippen LogP contribution in [-0.4, -0.2) is 38.7 Å². The third kappa shape index (κ3) is 4.70. The van der Waals surface area contributed by atoms with Gasteiger partial charge in [0.15, 0.2) is 5.82 Å². The first-order chi connectivity index (χ1) is 10.5. The number of anilines is 1. The third-order valence-corrected chi connectivity index (χ3v) is 4.16. The van der Waals surface area contributed by atoms with E-state index in [0.29, 0.717) is 6.42 Å². The number of hydrogen-bond donors (Lipinski definition) is 2. The van der Waals surface area contributed by atoms with E-state index in [4.69, 9.17) is 5.73 Å². The average molecular weight is 356 g/mol. The van der Waals surface area contributed by atoms with E-state index in [2.05, 4.69) is 15.5 Å². The molecule has 2 aromatic rings. The van der Waals surface area contributed by atoms with E-state index < -0.39 is 6.04 Å². The molecular formula is C15H22ClN5OS. The Morgan fingerprint density at radius 3 is 2.83 bits per heavy atom. The zero-order valence-electron chi connectivity index (χ0n) is 13.4. The second-order valence-electron chi connectivity index (χ2n) is 5.12. The molecule has 0 aliphatic carbocycles. The van der Waals surface area contributed by atoms with Crippen molar-refractivity contribution in [3.8, 4) is 11.4 Å². The normalized spacial score (nSPS) is 11.7. The van der Waals surface area contributed by atoms with Gasteiger partial charge < -0.3 is 15.6 Å². The lowest BCUT2D eigenvalue weighted by Gasteiger charge is -2.15. The van der Waals surface area contributed by atoms with Gasteiger partial charge in [0.1, 0.15) is 6.33 Å². The van der Waals surface area contributed by atoms with Gasteiger partial charge in [0, 0.05) is 18.3 Å². The van der Waals surface area contributed by atoms with E-state index in [1.54, 1.807) is 18.1 Å². The largest absolute Gasteiger partial charge is 0.324 e. The summed E-state index contributed by atoms with van der Waals surface area (Å²) in [5.74, 6) is 1.47. The molecule has 0 radical (unpaired) electrons. The zero-order valence-corrected chi connectivity index (χ0v) is 15.1. The van der Waals surface area contributed by atoms with Crippen LogP contribution in [0.25, 0.3) is 11.4 Å². The molecule has 6 nitrogen and oxygen atoms in total. The Kier molecular flexibility index (Phi) is 7.54. The highest BCUT2D eigenvalue weighted by Crippen LogP contribution is 2.26. The van der Waals surface area contributed by atoms with Crippen molar-refractivity contribution in [3.05, 3.63) is 30.1 Å². The maximum atomic E-state index is 12.2. The van der Waals surface area contributed by atoms with Gasteiger partial charge in [0.2, 0.25) is 5.91 Å². The number of benzene rings is 1. The molecule has 0 aliphatic heterocycles. The Balaban J connectivity index is 0.00000264. The lowest BCUT2D eigenvalue weighted by molar-refractivity contribution is -0.117. The SMILES string of the molecule is CSCC[C@H](N)C(=O)Nc1cccc(-c2nncn2C)c1C.Cl. The lowest BCUT2D eigenvalue weighted by Crippen LogP contribution is -2.36. The van der Waals surface area contributed by atoms with Gasteiger partial charge in [-0.3, -0.25) is 4.79 Å². The minimum Gasteiger partial charge on any atom is -0.324 e. The minimum atomic E-state index is -0.495. The van der Waals surface area contributed by atoms with Gasteiger partial charge in [-0.25, -0.2) is 0 Å². The molecule has 0 saturated carbocycles. The van der Waals surface area contributed by atoms with Crippen LogP contribution in [0.3, 0.4) is 0 Å². The number of amides is 1. The summed E-state index contributed by atoms with van der Waals surface area (Å²) in [5.41, 5.74) is 8.55. The molecule has 0 bridgehead atoms. The predicted octanol–water partition coefficient (Wildman–Crippen LogP) is 2.23. The van der Waals surface area contributed by atoms with Crippen LogP contribution in [0.5, 0.6) is 0 Å². The number of thioether (sulfide) groups is 1. The minimum absolute atomic E-state index is 0. The summed E-state index contributed by atoms with van der Waals surface area (Å²) in [7, 11) is 1.89. The molecule has 2 rings (SSSR count). The standard InChI is InChI=1S/C15H21N5OS.ClH/c1-10-11(14-19-17-9-20(14)2)5-4-6-13(10)18-15(21)12(16)7-8-22-3;/h4-6,9,12H,7-8,16H2,1-3H3,(H,18,21);1H/t12-;/m0./s1. The number of halogens is 1.